The number of rotatable bonds is 4. The van der Waals surface area contributed by atoms with Gasteiger partial charge in [0, 0.05) is 17.2 Å². The van der Waals surface area contributed by atoms with Crippen LogP contribution < -0.4 is 10.6 Å². The van der Waals surface area contributed by atoms with E-state index in [1.807, 2.05) is 13.8 Å². The molecule has 17 heavy (non-hydrogen) atoms. The van der Waals surface area contributed by atoms with Crippen LogP contribution in [0.5, 0.6) is 0 Å². The molecule has 94 valence electrons. The number of urea groups is 1. The summed E-state index contributed by atoms with van der Waals surface area (Å²) in [5.41, 5.74) is 0.956. The molecule has 1 aromatic heterocycles. The molecule has 7 heteroatoms. The third-order valence-corrected chi connectivity index (χ3v) is 3.14. The van der Waals surface area contributed by atoms with Crippen LogP contribution in [0.1, 0.15) is 23.9 Å². The van der Waals surface area contributed by atoms with Crippen LogP contribution in [-0.2, 0) is 11.2 Å². The van der Waals surface area contributed by atoms with Crippen LogP contribution in [0, 0.1) is 6.92 Å². The van der Waals surface area contributed by atoms with Gasteiger partial charge in [0.15, 0.2) is 5.13 Å². The summed E-state index contributed by atoms with van der Waals surface area (Å²) in [7, 11) is 0. The standard InChI is InChI=1S/C10H14ClN3O2S/c1-3-7-6(2)17-10(12-7)14-9(16)13-8(15)4-5-11/h3-5H2,1-2H3,(H2,12,13,14,15,16). The molecule has 1 aromatic rings. The second-order valence-electron chi connectivity index (χ2n) is 3.32. The first-order valence-electron chi connectivity index (χ1n) is 5.20. The molecule has 0 saturated carbocycles. The van der Waals surface area contributed by atoms with E-state index in [0.29, 0.717) is 5.13 Å². The van der Waals surface area contributed by atoms with E-state index in [1.54, 1.807) is 0 Å². The van der Waals surface area contributed by atoms with Gasteiger partial charge >= 0.3 is 6.03 Å². The lowest BCUT2D eigenvalue weighted by Crippen LogP contribution is -2.34. The number of nitrogens with zero attached hydrogens (tertiary/aromatic N) is 1. The van der Waals surface area contributed by atoms with Gasteiger partial charge in [-0.1, -0.05) is 6.92 Å². The highest BCUT2D eigenvalue weighted by Gasteiger charge is 2.11. The molecule has 1 rings (SSSR count). The van der Waals surface area contributed by atoms with Gasteiger partial charge in [0.1, 0.15) is 0 Å². The quantitative estimate of drug-likeness (QED) is 0.828. The average molecular weight is 276 g/mol. The predicted molar refractivity (Wildman–Crippen MR) is 68.7 cm³/mol. The monoisotopic (exact) mass is 275 g/mol. The number of hydrogen-bond acceptors (Lipinski definition) is 4. The average Bonchev–Trinajstić information content (AvgIpc) is 2.58. The predicted octanol–water partition coefficient (Wildman–Crippen LogP) is 2.29. The lowest BCUT2D eigenvalue weighted by Gasteiger charge is -2.02. The number of alkyl halides is 1. The minimum atomic E-state index is -0.573. The van der Waals surface area contributed by atoms with Crippen molar-refractivity contribution in [1.29, 1.82) is 0 Å². The number of imide groups is 1. The minimum Gasteiger partial charge on any atom is -0.283 e. The third-order valence-electron chi connectivity index (χ3n) is 2.02. The third kappa shape index (κ3) is 4.32. The van der Waals surface area contributed by atoms with Gasteiger partial charge in [0.05, 0.1) is 5.69 Å². The fourth-order valence-corrected chi connectivity index (χ4v) is 2.28. The van der Waals surface area contributed by atoms with Crippen LogP contribution in [-0.4, -0.2) is 22.8 Å². The zero-order valence-corrected chi connectivity index (χ0v) is 11.2. The van der Waals surface area contributed by atoms with Crippen molar-refractivity contribution in [2.45, 2.75) is 26.7 Å². The Morgan fingerprint density at radius 1 is 1.47 bits per heavy atom. The van der Waals surface area contributed by atoms with Crippen molar-refractivity contribution < 1.29 is 9.59 Å². The lowest BCUT2D eigenvalue weighted by molar-refractivity contribution is -0.119. The van der Waals surface area contributed by atoms with E-state index in [4.69, 9.17) is 11.6 Å². The number of aromatic nitrogens is 1. The smallest absolute Gasteiger partial charge is 0.283 e. The summed E-state index contributed by atoms with van der Waals surface area (Å²) in [4.78, 5) is 27.8. The molecule has 0 aromatic carbocycles. The zero-order valence-electron chi connectivity index (χ0n) is 9.67. The summed E-state index contributed by atoms with van der Waals surface area (Å²) in [6, 6.07) is -0.573. The second kappa shape index (κ2) is 6.56. The topological polar surface area (TPSA) is 71.1 Å². The summed E-state index contributed by atoms with van der Waals surface area (Å²) in [6.45, 7) is 3.94. The molecule has 0 spiro atoms. The summed E-state index contributed by atoms with van der Waals surface area (Å²) in [5.74, 6) is -0.211. The SMILES string of the molecule is CCc1nc(NC(=O)NC(=O)CCCl)sc1C. The van der Waals surface area contributed by atoms with Gasteiger partial charge in [-0.3, -0.25) is 15.4 Å². The van der Waals surface area contributed by atoms with E-state index >= 15 is 0 Å². The molecule has 0 bridgehead atoms. The van der Waals surface area contributed by atoms with E-state index in [2.05, 4.69) is 15.6 Å². The van der Waals surface area contributed by atoms with E-state index in [9.17, 15) is 9.59 Å². The molecule has 0 fully saturated rings. The maximum atomic E-state index is 11.4. The van der Waals surface area contributed by atoms with E-state index < -0.39 is 11.9 Å². The summed E-state index contributed by atoms with van der Waals surface area (Å²) < 4.78 is 0. The van der Waals surface area contributed by atoms with Crippen molar-refractivity contribution in [3.63, 3.8) is 0 Å². The van der Waals surface area contributed by atoms with Crippen LogP contribution in [0.25, 0.3) is 0 Å². The summed E-state index contributed by atoms with van der Waals surface area (Å²) >= 11 is 6.77. The van der Waals surface area contributed by atoms with Crippen LogP contribution in [0.15, 0.2) is 0 Å². The zero-order chi connectivity index (χ0) is 12.8. The Morgan fingerprint density at radius 2 is 2.18 bits per heavy atom. The molecule has 3 amide bonds. The van der Waals surface area contributed by atoms with Crippen molar-refractivity contribution in [3.8, 4) is 0 Å². The van der Waals surface area contributed by atoms with Gasteiger partial charge in [-0.05, 0) is 13.3 Å². The first-order chi connectivity index (χ1) is 8.06. The number of nitrogens with one attached hydrogen (secondary N) is 2. The molecule has 0 unspecified atom stereocenters. The highest BCUT2D eigenvalue weighted by molar-refractivity contribution is 7.15. The summed E-state index contributed by atoms with van der Waals surface area (Å²) in [5, 5.41) is 5.19. The fourth-order valence-electron chi connectivity index (χ4n) is 1.21. The van der Waals surface area contributed by atoms with Gasteiger partial charge < -0.3 is 0 Å². The number of amides is 3. The van der Waals surface area contributed by atoms with Gasteiger partial charge in [-0.25, -0.2) is 9.78 Å². The van der Waals surface area contributed by atoms with Gasteiger partial charge in [-0.2, -0.15) is 0 Å². The van der Waals surface area contributed by atoms with Crippen molar-refractivity contribution in [2.24, 2.45) is 0 Å². The number of carbonyl (C=O) groups excluding carboxylic acids is 2. The van der Waals surface area contributed by atoms with E-state index in [1.165, 1.54) is 11.3 Å². The molecule has 5 nitrogen and oxygen atoms in total. The maximum absolute atomic E-state index is 11.4. The molecule has 0 aliphatic rings. The molecule has 0 radical (unpaired) electrons. The first kappa shape index (κ1) is 13.9. The minimum absolute atomic E-state index is 0.117. The van der Waals surface area contributed by atoms with Gasteiger partial charge in [-0.15, -0.1) is 22.9 Å². The van der Waals surface area contributed by atoms with Crippen LogP contribution in [0.2, 0.25) is 0 Å². The van der Waals surface area contributed by atoms with Crippen LogP contribution >= 0.6 is 22.9 Å². The Bertz CT molecular complexity index is 420. The molecule has 1 heterocycles. The van der Waals surface area contributed by atoms with E-state index in [-0.39, 0.29) is 12.3 Å². The normalized spacial score (nSPS) is 10.1. The van der Waals surface area contributed by atoms with E-state index in [0.717, 1.165) is 17.0 Å². The molecular weight excluding hydrogens is 262 g/mol. The molecule has 0 saturated heterocycles. The molecule has 0 aliphatic heterocycles. The number of carbonyl (C=O) groups is 2. The van der Waals surface area contributed by atoms with Gasteiger partial charge in [0.2, 0.25) is 5.91 Å². The Kier molecular flexibility index (Phi) is 5.37. The molecule has 0 aliphatic carbocycles. The first-order valence-corrected chi connectivity index (χ1v) is 6.55. The fraction of sp³-hybridized carbons (Fsp3) is 0.500. The lowest BCUT2D eigenvalue weighted by atomic mass is 10.3. The molecule has 0 atom stereocenters. The Labute approximate surface area is 109 Å². The number of halogens is 1. The van der Waals surface area contributed by atoms with Crippen molar-refractivity contribution in [1.82, 2.24) is 10.3 Å². The number of anilines is 1. The summed E-state index contributed by atoms with van der Waals surface area (Å²) in [6.07, 6.45) is 0.933. The largest absolute Gasteiger partial charge is 0.327 e. The van der Waals surface area contributed by atoms with Crippen molar-refractivity contribution in [3.05, 3.63) is 10.6 Å². The molecular formula is C10H14ClN3O2S. The highest BCUT2D eigenvalue weighted by Crippen LogP contribution is 2.21. The Balaban J connectivity index is 2.53. The second-order valence-corrected chi connectivity index (χ2v) is 4.90. The van der Waals surface area contributed by atoms with Crippen molar-refractivity contribution in [2.75, 3.05) is 11.2 Å². The number of hydrogen-bond donors (Lipinski definition) is 2. The van der Waals surface area contributed by atoms with Gasteiger partial charge in [0.25, 0.3) is 0 Å². The molecule has 2 N–H and O–H groups in total. The Hall–Kier alpha value is -1.14. The Morgan fingerprint density at radius 3 is 2.71 bits per heavy atom. The van der Waals surface area contributed by atoms with Crippen LogP contribution in [0.3, 0.4) is 0 Å². The highest BCUT2D eigenvalue weighted by atomic mass is 35.5. The number of thiazole rings is 1. The van der Waals surface area contributed by atoms with Crippen molar-refractivity contribution >= 4 is 40.0 Å². The van der Waals surface area contributed by atoms with Crippen LogP contribution in [0.4, 0.5) is 9.93 Å². The maximum Gasteiger partial charge on any atom is 0.327 e. The number of aryl methyl sites for hydroxylation is 2.